The summed E-state index contributed by atoms with van der Waals surface area (Å²) in [4.78, 5) is 57.1. The number of thioether (sulfide) groups is 2. The summed E-state index contributed by atoms with van der Waals surface area (Å²) in [6, 6.07) is 7.80. The molecule has 0 aromatic heterocycles. The molecule has 0 spiro atoms. The van der Waals surface area contributed by atoms with E-state index in [1.54, 1.807) is 0 Å². The second-order valence-corrected chi connectivity index (χ2v) is 21.1. The van der Waals surface area contributed by atoms with Crippen LogP contribution >= 0.6 is 23.5 Å². The van der Waals surface area contributed by atoms with Crippen molar-refractivity contribution in [3.63, 3.8) is 0 Å². The van der Waals surface area contributed by atoms with Crippen molar-refractivity contribution in [2.45, 2.75) is 164 Å². The molecular weight excluding hydrogens is 693 g/mol. The molecule has 2 aliphatic heterocycles. The monoisotopic (exact) mass is 752 g/mol. The number of likely N-dealkylation sites (tertiary alicyclic amines) is 2. The maximum atomic E-state index is 13.4. The van der Waals surface area contributed by atoms with Gasteiger partial charge in [-0.3, -0.25) is 29.0 Å². The smallest absolute Gasteiger partial charge is 0.243 e. The van der Waals surface area contributed by atoms with Crippen LogP contribution in [0.5, 0.6) is 11.5 Å². The molecule has 286 valence electrons. The molecule has 2 aromatic rings. The lowest BCUT2D eigenvalue weighted by molar-refractivity contribution is -0.140. The van der Waals surface area contributed by atoms with Crippen molar-refractivity contribution in [1.82, 2.24) is 9.80 Å². The Hall–Kier alpha value is -2.98. The number of imide groups is 2. The van der Waals surface area contributed by atoms with Crippen molar-refractivity contribution in [3.8, 4) is 11.5 Å². The van der Waals surface area contributed by atoms with Gasteiger partial charge in [0.15, 0.2) is 0 Å². The summed E-state index contributed by atoms with van der Waals surface area (Å²) >= 11 is 2.79. The molecule has 2 saturated heterocycles. The van der Waals surface area contributed by atoms with Gasteiger partial charge in [-0.1, -0.05) is 95.9 Å². The van der Waals surface area contributed by atoms with Gasteiger partial charge in [0.05, 0.1) is 10.5 Å². The number of benzene rings is 2. The van der Waals surface area contributed by atoms with E-state index in [1.807, 2.05) is 24.3 Å². The summed E-state index contributed by atoms with van der Waals surface area (Å²) in [6.07, 6.45) is 3.15. The Morgan fingerprint density at radius 3 is 1.04 bits per heavy atom. The lowest BCUT2D eigenvalue weighted by atomic mass is 9.79. The minimum Gasteiger partial charge on any atom is -0.507 e. The first kappa shape index (κ1) is 41.8. The average Bonchev–Trinajstić information content (AvgIpc) is 3.41. The van der Waals surface area contributed by atoms with Crippen LogP contribution in [0.2, 0.25) is 0 Å². The lowest BCUT2D eigenvalue weighted by Gasteiger charge is -2.28. The highest BCUT2D eigenvalue weighted by molar-refractivity contribution is 8.01. The molecule has 2 aliphatic rings. The first-order valence-corrected chi connectivity index (χ1v) is 20.3. The highest BCUT2D eigenvalue weighted by Gasteiger charge is 2.41. The number of nitrogens with zero attached hydrogens (tertiary/aromatic N) is 2. The van der Waals surface area contributed by atoms with Crippen molar-refractivity contribution in [3.05, 3.63) is 46.5 Å². The molecule has 0 radical (unpaired) electrons. The summed E-state index contributed by atoms with van der Waals surface area (Å²) in [6.45, 7) is 25.3. The van der Waals surface area contributed by atoms with Crippen LogP contribution in [0.4, 0.5) is 0 Å². The highest BCUT2D eigenvalue weighted by Crippen LogP contribution is 2.45. The molecule has 2 fully saturated rings. The van der Waals surface area contributed by atoms with Crippen molar-refractivity contribution in [1.29, 1.82) is 0 Å². The fourth-order valence-electron chi connectivity index (χ4n) is 6.82. The Morgan fingerprint density at radius 2 is 0.788 bits per heavy atom. The molecule has 2 unspecified atom stereocenters. The Labute approximate surface area is 319 Å². The van der Waals surface area contributed by atoms with E-state index in [-0.39, 0.29) is 69.6 Å². The number of rotatable bonds is 11. The van der Waals surface area contributed by atoms with Crippen LogP contribution in [-0.4, -0.2) is 67.2 Å². The van der Waals surface area contributed by atoms with Gasteiger partial charge in [-0.2, -0.15) is 0 Å². The van der Waals surface area contributed by atoms with E-state index < -0.39 is 10.5 Å². The molecule has 52 heavy (non-hydrogen) atoms. The number of hydrogen-bond donors (Lipinski definition) is 2. The van der Waals surface area contributed by atoms with Crippen LogP contribution in [-0.2, 0) is 40.8 Å². The zero-order valence-corrected chi connectivity index (χ0v) is 35.0. The molecule has 2 heterocycles. The first-order valence-electron chi connectivity index (χ1n) is 18.6. The molecule has 4 amide bonds. The van der Waals surface area contributed by atoms with Gasteiger partial charge in [0.1, 0.15) is 11.5 Å². The quantitative estimate of drug-likeness (QED) is 0.173. The van der Waals surface area contributed by atoms with Crippen LogP contribution in [0.3, 0.4) is 0 Å². The number of carbonyl (C=O) groups is 4. The van der Waals surface area contributed by atoms with E-state index in [9.17, 15) is 29.4 Å². The fraction of sp³-hybridized carbons (Fsp3) is 0.619. The number of phenolic OH excluding ortho intramolecular Hbond substituents is 2. The third kappa shape index (κ3) is 9.57. The van der Waals surface area contributed by atoms with E-state index >= 15 is 0 Å². The maximum Gasteiger partial charge on any atom is 0.243 e. The van der Waals surface area contributed by atoms with Crippen LogP contribution in [0, 0.1) is 0 Å². The third-order valence-electron chi connectivity index (χ3n) is 9.87. The number of amides is 4. The summed E-state index contributed by atoms with van der Waals surface area (Å²) < 4.78 is 0. The Morgan fingerprint density at radius 1 is 0.519 bits per heavy atom. The molecule has 0 bridgehead atoms. The van der Waals surface area contributed by atoms with Gasteiger partial charge >= 0.3 is 0 Å². The van der Waals surface area contributed by atoms with Crippen molar-refractivity contribution in [2.75, 3.05) is 13.1 Å². The Bertz CT molecular complexity index is 1510. The Kier molecular flexibility index (Phi) is 12.4. The maximum absolute atomic E-state index is 13.4. The molecule has 10 heteroatoms. The molecule has 4 rings (SSSR count). The van der Waals surface area contributed by atoms with Gasteiger partial charge in [0.25, 0.3) is 0 Å². The van der Waals surface area contributed by atoms with Gasteiger partial charge in [0.2, 0.25) is 23.6 Å². The minimum absolute atomic E-state index is 0.150. The van der Waals surface area contributed by atoms with E-state index in [0.717, 1.165) is 44.9 Å². The zero-order valence-electron chi connectivity index (χ0n) is 33.4. The summed E-state index contributed by atoms with van der Waals surface area (Å²) in [5.74, 6) is -0.100. The van der Waals surface area contributed by atoms with Gasteiger partial charge in [-0.05, 0) is 58.8 Å². The van der Waals surface area contributed by atoms with Crippen molar-refractivity contribution < 1.29 is 29.4 Å². The lowest BCUT2D eigenvalue weighted by Crippen LogP contribution is -2.32. The molecule has 2 N–H and O–H groups in total. The van der Waals surface area contributed by atoms with Crippen LogP contribution < -0.4 is 0 Å². The minimum atomic E-state index is -0.502. The second-order valence-electron chi connectivity index (χ2n) is 18.5. The number of aromatic hydroxyl groups is 2. The largest absolute Gasteiger partial charge is 0.507 e. The normalized spacial score (nSPS) is 19.1. The van der Waals surface area contributed by atoms with Gasteiger partial charge < -0.3 is 10.2 Å². The number of unbranched alkanes of at least 4 members (excludes halogenated alkanes) is 3. The van der Waals surface area contributed by atoms with Crippen LogP contribution in [0.1, 0.15) is 144 Å². The van der Waals surface area contributed by atoms with Crippen molar-refractivity contribution in [2.24, 2.45) is 0 Å². The highest BCUT2D eigenvalue weighted by atomic mass is 32.2. The molecule has 0 saturated carbocycles. The number of hydrogen-bond acceptors (Lipinski definition) is 8. The second kappa shape index (κ2) is 15.4. The third-order valence-corrected chi connectivity index (χ3v) is 12.2. The van der Waals surface area contributed by atoms with Crippen LogP contribution in [0.25, 0.3) is 0 Å². The zero-order chi connectivity index (χ0) is 39.1. The topological polar surface area (TPSA) is 115 Å². The van der Waals surface area contributed by atoms with Gasteiger partial charge in [0, 0.05) is 58.0 Å². The molecule has 2 atom stereocenters. The summed E-state index contributed by atoms with van der Waals surface area (Å²) in [5, 5.41) is 21.2. The number of phenols is 2. The molecule has 0 aliphatic carbocycles. The van der Waals surface area contributed by atoms with Crippen molar-refractivity contribution >= 4 is 47.2 Å². The Balaban J connectivity index is 1.29. The SMILES string of the molecule is CC(C)(C)c1cc(SC2CC(=O)N(CCCCCCN3C(=O)CC(Sc4cc(C(C)(C)C)c(O)c(C(C)(C)C)c4)C3=O)C2=O)cc(C(C)(C)C)c1O. The van der Waals surface area contributed by atoms with E-state index in [2.05, 4.69) is 83.1 Å². The predicted molar refractivity (Wildman–Crippen MR) is 211 cm³/mol. The van der Waals surface area contributed by atoms with E-state index in [0.29, 0.717) is 25.9 Å². The standard InChI is InChI=1S/C42H60N2O6S2/c1-39(2,3)27-19-25(20-28(35(27)47)40(4,5)6)51-31-23-33(45)43(37(31)49)17-15-13-14-16-18-44-34(46)24-32(38(44)50)52-26-21-29(41(7,8)9)36(48)30(22-26)42(10,11)12/h19-22,31-32,47-48H,13-18,23-24H2,1-12H3. The molecular formula is C42H60N2O6S2. The average molecular weight is 753 g/mol. The molecule has 2 aromatic carbocycles. The predicted octanol–water partition coefficient (Wildman–Crippen LogP) is 8.99. The summed E-state index contributed by atoms with van der Waals surface area (Å²) in [7, 11) is 0. The fourth-order valence-corrected chi connectivity index (χ4v) is 9.13. The number of carbonyl (C=O) groups excluding carboxylic acids is 4. The van der Waals surface area contributed by atoms with Gasteiger partial charge in [-0.15, -0.1) is 23.5 Å². The first-order chi connectivity index (χ1) is 23.8. The van der Waals surface area contributed by atoms with Gasteiger partial charge in [-0.25, -0.2) is 0 Å². The molecule has 8 nitrogen and oxygen atoms in total. The van der Waals surface area contributed by atoms with E-state index in [4.69, 9.17) is 0 Å². The van der Waals surface area contributed by atoms with Crippen LogP contribution in [0.15, 0.2) is 34.1 Å². The van der Waals surface area contributed by atoms with E-state index in [1.165, 1.54) is 33.3 Å². The summed E-state index contributed by atoms with van der Waals surface area (Å²) in [5.41, 5.74) is 2.12.